The molecule has 1 N–H and O–H groups in total. The molecule has 4 aromatic rings. The number of fused-ring (bicyclic) bond motifs is 2. The van der Waals surface area contributed by atoms with Crippen molar-refractivity contribution in [2.24, 2.45) is 11.3 Å². The molecule has 0 fully saturated rings. The SMILES string of the molecule is CCCOc1ccc(-c2cc(C(=O)Nc3sc4c(c3C#N)CCC(C(C)(C)C)C4)c3ccccc3n2)cc1. The summed E-state index contributed by atoms with van der Waals surface area (Å²) in [5, 5.41) is 14.5. The molecule has 2 heterocycles. The van der Waals surface area contributed by atoms with Crippen molar-refractivity contribution >= 4 is 33.1 Å². The number of anilines is 1. The summed E-state index contributed by atoms with van der Waals surface area (Å²) >= 11 is 1.56. The maximum atomic E-state index is 13.7. The van der Waals surface area contributed by atoms with Gasteiger partial charge in [-0.25, -0.2) is 4.98 Å². The molecule has 1 aliphatic carbocycles. The van der Waals surface area contributed by atoms with Crippen molar-refractivity contribution in [2.45, 2.75) is 53.4 Å². The predicted octanol–water partition coefficient (Wildman–Crippen LogP) is 8.03. The molecule has 194 valence electrons. The number of rotatable bonds is 6. The number of nitrogens with one attached hydrogen (secondary N) is 1. The smallest absolute Gasteiger partial charge is 0.257 e. The lowest BCUT2D eigenvalue weighted by Crippen LogP contribution is -2.26. The van der Waals surface area contributed by atoms with E-state index in [1.54, 1.807) is 11.3 Å². The maximum Gasteiger partial charge on any atom is 0.257 e. The molecule has 0 saturated carbocycles. The van der Waals surface area contributed by atoms with E-state index in [2.05, 4.69) is 39.1 Å². The molecule has 5 rings (SSSR count). The van der Waals surface area contributed by atoms with E-state index in [1.165, 1.54) is 4.88 Å². The number of nitriles is 1. The van der Waals surface area contributed by atoms with Gasteiger partial charge in [0.25, 0.3) is 5.91 Å². The zero-order valence-electron chi connectivity index (χ0n) is 22.4. The number of thiophene rings is 1. The highest BCUT2D eigenvalue weighted by Gasteiger charge is 2.32. The van der Waals surface area contributed by atoms with E-state index < -0.39 is 0 Å². The zero-order chi connectivity index (χ0) is 26.9. The molecule has 2 aromatic heterocycles. The summed E-state index contributed by atoms with van der Waals surface area (Å²) in [6.45, 7) is 9.59. The van der Waals surface area contributed by atoms with Crippen LogP contribution in [-0.4, -0.2) is 17.5 Å². The number of pyridine rings is 1. The maximum absolute atomic E-state index is 13.7. The summed E-state index contributed by atoms with van der Waals surface area (Å²) in [5.41, 5.74) is 4.86. The van der Waals surface area contributed by atoms with E-state index in [1.807, 2.05) is 54.6 Å². The Bertz CT molecular complexity index is 1520. The zero-order valence-corrected chi connectivity index (χ0v) is 23.2. The van der Waals surface area contributed by atoms with Crippen LogP contribution in [-0.2, 0) is 12.8 Å². The molecule has 1 unspecified atom stereocenters. The lowest BCUT2D eigenvalue weighted by atomic mass is 9.72. The van der Waals surface area contributed by atoms with Crippen LogP contribution in [0.4, 0.5) is 5.00 Å². The molecular weight excluding hydrogens is 490 g/mol. The number of amides is 1. The van der Waals surface area contributed by atoms with Gasteiger partial charge in [0.15, 0.2) is 0 Å². The van der Waals surface area contributed by atoms with Gasteiger partial charge in [0.05, 0.1) is 28.9 Å². The average Bonchev–Trinajstić information content (AvgIpc) is 3.27. The second-order valence-electron chi connectivity index (χ2n) is 11.0. The number of para-hydroxylation sites is 1. The number of nitrogens with zero attached hydrogens (tertiary/aromatic N) is 2. The largest absolute Gasteiger partial charge is 0.494 e. The summed E-state index contributed by atoms with van der Waals surface area (Å²) in [6, 6.07) is 19.7. The molecule has 0 spiro atoms. The summed E-state index contributed by atoms with van der Waals surface area (Å²) in [7, 11) is 0. The number of carbonyl (C=O) groups is 1. The standard InChI is InChI=1S/C32H33N3O2S/c1-5-16-37-22-13-10-20(11-14-22)28-18-25(23-8-6-7-9-27(23)34-28)30(36)35-31-26(19-33)24-15-12-21(32(2,3)4)17-29(24)38-31/h6-11,13-14,18,21H,5,12,15-17H2,1-4H3,(H,35,36). The third kappa shape index (κ3) is 5.16. The number of aromatic nitrogens is 1. The van der Waals surface area contributed by atoms with Gasteiger partial charge in [0.2, 0.25) is 0 Å². The fraction of sp³-hybridized carbons (Fsp3) is 0.344. The van der Waals surface area contributed by atoms with Crippen molar-refractivity contribution < 1.29 is 9.53 Å². The van der Waals surface area contributed by atoms with Crippen LogP contribution >= 0.6 is 11.3 Å². The van der Waals surface area contributed by atoms with Gasteiger partial charge in [-0.05, 0) is 79.0 Å². The Balaban J connectivity index is 1.48. The van der Waals surface area contributed by atoms with Crippen LogP contribution in [0.15, 0.2) is 54.6 Å². The molecule has 1 atom stereocenters. The number of carbonyl (C=O) groups excluding carboxylic acids is 1. The van der Waals surface area contributed by atoms with Crippen molar-refractivity contribution in [1.82, 2.24) is 4.98 Å². The van der Waals surface area contributed by atoms with Gasteiger partial charge in [-0.2, -0.15) is 5.26 Å². The Morgan fingerprint density at radius 3 is 2.66 bits per heavy atom. The van der Waals surface area contributed by atoms with Crippen molar-refractivity contribution in [3.05, 3.63) is 76.2 Å². The minimum absolute atomic E-state index is 0.213. The Labute approximate surface area is 228 Å². The van der Waals surface area contributed by atoms with Crippen LogP contribution in [0.25, 0.3) is 22.2 Å². The third-order valence-corrected chi connectivity index (χ3v) is 8.58. The van der Waals surface area contributed by atoms with E-state index in [-0.39, 0.29) is 11.3 Å². The molecule has 0 aliphatic heterocycles. The van der Waals surface area contributed by atoms with E-state index in [0.717, 1.165) is 59.2 Å². The van der Waals surface area contributed by atoms with E-state index in [0.29, 0.717) is 28.7 Å². The number of benzene rings is 2. The minimum atomic E-state index is -0.227. The second kappa shape index (κ2) is 10.6. The van der Waals surface area contributed by atoms with Crippen molar-refractivity contribution in [3.8, 4) is 23.1 Å². The van der Waals surface area contributed by atoms with E-state index in [4.69, 9.17) is 9.72 Å². The van der Waals surface area contributed by atoms with Gasteiger partial charge in [-0.3, -0.25) is 4.79 Å². The quantitative estimate of drug-likeness (QED) is 0.278. The van der Waals surface area contributed by atoms with Crippen molar-refractivity contribution in [2.75, 3.05) is 11.9 Å². The summed E-state index contributed by atoms with van der Waals surface area (Å²) in [6.07, 6.45) is 3.85. The van der Waals surface area contributed by atoms with Crippen LogP contribution in [0.2, 0.25) is 0 Å². The van der Waals surface area contributed by atoms with Crippen molar-refractivity contribution in [3.63, 3.8) is 0 Å². The second-order valence-corrected chi connectivity index (χ2v) is 12.1. The molecule has 2 aromatic carbocycles. The molecular formula is C32H33N3O2S. The fourth-order valence-corrected chi connectivity index (χ4v) is 6.43. The molecule has 6 heteroatoms. The fourth-order valence-electron chi connectivity index (χ4n) is 5.15. The van der Waals surface area contributed by atoms with E-state index in [9.17, 15) is 10.1 Å². The monoisotopic (exact) mass is 523 g/mol. The van der Waals surface area contributed by atoms with Gasteiger partial charge in [0, 0.05) is 15.8 Å². The van der Waals surface area contributed by atoms with Gasteiger partial charge in [0.1, 0.15) is 16.8 Å². The molecule has 0 radical (unpaired) electrons. The highest BCUT2D eigenvalue weighted by Crippen LogP contribution is 2.44. The highest BCUT2D eigenvalue weighted by atomic mass is 32.1. The minimum Gasteiger partial charge on any atom is -0.494 e. The average molecular weight is 524 g/mol. The molecule has 1 aliphatic rings. The topological polar surface area (TPSA) is 75.0 Å². The molecule has 0 bridgehead atoms. The molecule has 38 heavy (non-hydrogen) atoms. The van der Waals surface area contributed by atoms with Gasteiger partial charge >= 0.3 is 0 Å². The third-order valence-electron chi connectivity index (χ3n) is 7.41. The normalized spacial score (nSPS) is 15.1. The highest BCUT2D eigenvalue weighted by molar-refractivity contribution is 7.16. The summed E-state index contributed by atoms with van der Waals surface area (Å²) in [4.78, 5) is 19.8. The Morgan fingerprint density at radius 2 is 1.95 bits per heavy atom. The van der Waals surface area contributed by atoms with E-state index >= 15 is 0 Å². The number of hydrogen-bond acceptors (Lipinski definition) is 5. The van der Waals surface area contributed by atoms with Crippen molar-refractivity contribution in [1.29, 1.82) is 5.26 Å². The van der Waals surface area contributed by atoms with Crippen LogP contribution in [0.3, 0.4) is 0 Å². The Hall–Kier alpha value is -3.69. The Morgan fingerprint density at radius 1 is 1.18 bits per heavy atom. The number of hydrogen-bond donors (Lipinski definition) is 1. The predicted molar refractivity (Wildman–Crippen MR) is 155 cm³/mol. The lowest BCUT2D eigenvalue weighted by molar-refractivity contribution is 0.102. The van der Waals surface area contributed by atoms with Crippen LogP contribution in [0.1, 0.15) is 66.9 Å². The van der Waals surface area contributed by atoms with Crippen LogP contribution in [0, 0.1) is 22.7 Å². The summed E-state index contributed by atoms with van der Waals surface area (Å²) in [5.74, 6) is 1.15. The molecule has 5 nitrogen and oxygen atoms in total. The first kappa shape index (κ1) is 25.9. The van der Waals surface area contributed by atoms with Gasteiger partial charge < -0.3 is 10.1 Å². The van der Waals surface area contributed by atoms with Gasteiger partial charge in [-0.15, -0.1) is 11.3 Å². The molecule has 0 saturated heterocycles. The van der Waals surface area contributed by atoms with Crippen LogP contribution in [0.5, 0.6) is 5.75 Å². The number of ether oxygens (including phenoxy) is 1. The van der Waals surface area contributed by atoms with Gasteiger partial charge in [-0.1, -0.05) is 45.9 Å². The lowest BCUT2D eigenvalue weighted by Gasteiger charge is -2.33. The molecule has 1 amide bonds. The van der Waals surface area contributed by atoms with Crippen LogP contribution < -0.4 is 10.1 Å². The first-order valence-electron chi connectivity index (χ1n) is 13.3. The Kier molecular flexibility index (Phi) is 7.23. The summed E-state index contributed by atoms with van der Waals surface area (Å²) < 4.78 is 5.72. The first-order valence-corrected chi connectivity index (χ1v) is 14.1. The first-order chi connectivity index (χ1) is 18.3.